The molecule has 1 atom stereocenters. The van der Waals surface area contributed by atoms with E-state index < -0.39 is 0 Å². The standard InChI is InChI=1S/C7H9.Pd/c1-2-7-4-3-6(1)5-7;/h1-2,6H,3-5H2;/q-1;. The van der Waals surface area contributed by atoms with E-state index in [0.29, 0.717) is 0 Å². The molecule has 0 aromatic heterocycles. The first-order valence-electron chi connectivity index (χ1n) is 2.98. The van der Waals surface area contributed by atoms with E-state index in [1.165, 1.54) is 19.3 Å². The predicted molar refractivity (Wildman–Crippen MR) is 29.7 cm³/mol. The Kier molecular flexibility index (Phi) is 1.80. The van der Waals surface area contributed by atoms with Crippen molar-refractivity contribution in [1.29, 1.82) is 0 Å². The monoisotopic (exact) mass is 199 g/mol. The summed E-state index contributed by atoms with van der Waals surface area (Å²) in [7, 11) is 0. The van der Waals surface area contributed by atoms with E-state index in [1.807, 2.05) is 0 Å². The van der Waals surface area contributed by atoms with Gasteiger partial charge in [0.05, 0.1) is 0 Å². The van der Waals surface area contributed by atoms with Crippen molar-refractivity contribution in [3.8, 4) is 0 Å². The van der Waals surface area contributed by atoms with Gasteiger partial charge in [-0.25, -0.2) is 18.1 Å². The zero-order chi connectivity index (χ0) is 4.69. The van der Waals surface area contributed by atoms with Gasteiger partial charge in [-0.3, -0.25) is 0 Å². The van der Waals surface area contributed by atoms with Crippen LogP contribution in [0.2, 0.25) is 0 Å². The van der Waals surface area contributed by atoms with Gasteiger partial charge in [0.1, 0.15) is 0 Å². The average Bonchev–Trinajstić information content (AvgIpc) is 2.22. The SMILES string of the molecule is C1=CC2CC[C-]1C2.[Pd]. The van der Waals surface area contributed by atoms with Crippen LogP contribution in [0.3, 0.4) is 0 Å². The van der Waals surface area contributed by atoms with Gasteiger partial charge in [0, 0.05) is 20.4 Å². The summed E-state index contributed by atoms with van der Waals surface area (Å²) < 4.78 is 0. The maximum atomic E-state index is 2.35. The first-order valence-corrected chi connectivity index (χ1v) is 2.98. The number of hydrogen-bond acceptors (Lipinski definition) is 0. The Bertz CT molecular complexity index is 95.0. The van der Waals surface area contributed by atoms with Crippen molar-refractivity contribution in [2.45, 2.75) is 19.3 Å². The fourth-order valence-electron chi connectivity index (χ4n) is 1.50. The summed E-state index contributed by atoms with van der Waals surface area (Å²) in [4.78, 5) is 0. The molecule has 1 fully saturated rings. The van der Waals surface area contributed by atoms with Crippen LogP contribution in [-0.2, 0) is 20.4 Å². The second-order valence-electron chi connectivity index (χ2n) is 2.52. The molecule has 0 saturated heterocycles. The second-order valence-corrected chi connectivity index (χ2v) is 2.52. The molecule has 2 aliphatic rings. The summed E-state index contributed by atoms with van der Waals surface area (Å²) in [5.74, 6) is 2.64. The topological polar surface area (TPSA) is 0 Å². The van der Waals surface area contributed by atoms with Gasteiger partial charge >= 0.3 is 0 Å². The van der Waals surface area contributed by atoms with E-state index in [2.05, 4.69) is 12.2 Å². The Labute approximate surface area is 64.0 Å². The third-order valence-corrected chi connectivity index (χ3v) is 1.96. The van der Waals surface area contributed by atoms with Crippen LogP contribution < -0.4 is 0 Å². The van der Waals surface area contributed by atoms with Gasteiger partial charge in [-0.2, -0.15) is 0 Å². The molecule has 2 aliphatic carbocycles. The van der Waals surface area contributed by atoms with Gasteiger partial charge in [0.2, 0.25) is 0 Å². The van der Waals surface area contributed by atoms with E-state index in [9.17, 15) is 0 Å². The maximum Gasteiger partial charge on any atom is 0 e. The molecule has 1 heteroatoms. The van der Waals surface area contributed by atoms with Gasteiger partial charge in [-0.05, 0) is 0 Å². The molecular weight excluding hydrogens is 190 g/mol. The molecule has 0 spiro atoms. The molecule has 48 valence electrons. The van der Waals surface area contributed by atoms with Gasteiger partial charge in [0.15, 0.2) is 0 Å². The fraction of sp³-hybridized carbons (Fsp3) is 0.571. The Hall–Kier alpha value is 0.272. The van der Waals surface area contributed by atoms with Gasteiger partial charge in [0.25, 0.3) is 0 Å². The van der Waals surface area contributed by atoms with Crippen molar-refractivity contribution in [2.75, 3.05) is 0 Å². The van der Waals surface area contributed by atoms with Gasteiger partial charge in [-0.1, -0.05) is 12.8 Å². The number of fused-ring (bicyclic) bond motifs is 2. The van der Waals surface area contributed by atoms with Crippen LogP contribution in [0.1, 0.15) is 19.3 Å². The van der Waals surface area contributed by atoms with Crippen LogP contribution in [0.5, 0.6) is 0 Å². The third-order valence-electron chi connectivity index (χ3n) is 1.96. The van der Waals surface area contributed by atoms with Crippen molar-refractivity contribution in [3.05, 3.63) is 18.1 Å². The van der Waals surface area contributed by atoms with E-state index in [-0.39, 0.29) is 20.4 Å². The second kappa shape index (κ2) is 2.25. The quantitative estimate of drug-likeness (QED) is 0.413. The van der Waals surface area contributed by atoms with Crippen molar-refractivity contribution in [1.82, 2.24) is 0 Å². The normalized spacial score (nSPS) is 31.0. The van der Waals surface area contributed by atoms with Crippen molar-refractivity contribution >= 4 is 0 Å². The van der Waals surface area contributed by atoms with Crippen LogP contribution in [-0.4, -0.2) is 0 Å². The molecule has 8 heavy (non-hydrogen) atoms. The molecule has 2 bridgehead atoms. The minimum absolute atomic E-state index is 0. The Balaban J connectivity index is 0.000000320. The van der Waals surface area contributed by atoms with E-state index in [4.69, 9.17) is 0 Å². The first-order chi connectivity index (χ1) is 3.45. The zero-order valence-electron chi connectivity index (χ0n) is 4.67. The van der Waals surface area contributed by atoms with Crippen LogP contribution in [0, 0.1) is 11.8 Å². The van der Waals surface area contributed by atoms with Crippen LogP contribution >= 0.6 is 0 Å². The molecule has 0 N–H and O–H groups in total. The molecule has 1 saturated carbocycles. The summed E-state index contributed by atoms with van der Waals surface area (Å²) in [5, 5.41) is 0. The summed E-state index contributed by atoms with van der Waals surface area (Å²) >= 11 is 0. The van der Waals surface area contributed by atoms with Crippen LogP contribution in [0.4, 0.5) is 0 Å². The Morgan fingerprint density at radius 2 is 2.38 bits per heavy atom. The largest absolute Gasteiger partial charge is 0.229 e. The van der Waals surface area contributed by atoms with Gasteiger partial charge in [-0.15, -0.1) is 12.3 Å². The molecule has 0 aromatic carbocycles. The van der Waals surface area contributed by atoms with Crippen LogP contribution in [0.15, 0.2) is 12.2 Å². The molecule has 0 nitrogen and oxygen atoms in total. The van der Waals surface area contributed by atoms with E-state index in [1.54, 1.807) is 5.92 Å². The third kappa shape index (κ3) is 0.856. The van der Waals surface area contributed by atoms with Crippen LogP contribution in [0.25, 0.3) is 0 Å². The minimum atomic E-state index is 0. The van der Waals surface area contributed by atoms with E-state index in [0.717, 1.165) is 5.92 Å². The first kappa shape index (κ1) is 6.39. The molecule has 0 amide bonds. The molecule has 0 aliphatic heterocycles. The Morgan fingerprint density at radius 1 is 1.50 bits per heavy atom. The average molecular weight is 200 g/mol. The zero-order valence-corrected chi connectivity index (χ0v) is 6.22. The molecule has 0 aromatic rings. The van der Waals surface area contributed by atoms with Crippen molar-refractivity contribution < 1.29 is 20.4 Å². The number of rotatable bonds is 0. The van der Waals surface area contributed by atoms with Gasteiger partial charge < -0.3 is 0 Å². The Morgan fingerprint density at radius 3 is 2.50 bits per heavy atom. The summed E-state index contributed by atoms with van der Waals surface area (Å²) in [6, 6.07) is 0. The molecular formula is C7H9Pd-. The minimum Gasteiger partial charge on any atom is -0.229 e. The maximum absolute atomic E-state index is 2.35. The summed E-state index contributed by atoms with van der Waals surface area (Å²) in [5.41, 5.74) is 0. The van der Waals surface area contributed by atoms with E-state index >= 15 is 0 Å². The van der Waals surface area contributed by atoms with Crippen molar-refractivity contribution in [3.63, 3.8) is 0 Å². The van der Waals surface area contributed by atoms with Crippen molar-refractivity contribution in [2.24, 2.45) is 5.92 Å². The molecule has 0 heterocycles. The number of hydrogen-bond donors (Lipinski definition) is 0. The smallest absolute Gasteiger partial charge is 0 e. The molecule has 0 radical (unpaired) electrons. The summed E-state index contributed by atoms with van der Waals surface area (Å²) in [6.07, 6.45) is 8.86. The predicted octanol–water partition coefficient (Wildman–Crippen LogP) is 1.93. The molecule has 1 unspecified atom stereocenters. The number of allylic oxidation sites excluding steroid dienone is 2. The molecule has 2 rings (SSSR count). The summed E-state index contributed by atoms with van der Waals surface area (Å²) in [6.45, 7) is 0. The fourth-order valence-corrected chi connectivity index (χ4v) is 1.50.